The molecule has 6 nitrogen and oxygen atoms in total. The summed E-state index contributed by atoms with van der Waals surface area (Å²) in [5.74, 6) is 0.562. The van der Waals surface area contributed by atoms with Gasteiger partial charge in [-0.05, 0) is 35.7 Å². The van der Waals surface area contributed by atoms with Crippen LogP contribution < -0.4 is 0 Å². The number of rotatable bonds is 4. The minimum Gasteiger partial charge on any atom is -0.359 e. The second-order valence-corrected chi connectivity index (χ2v) is 6.28. The average Bonchev–Trinajstić information content (AvgIpc) is 3.28. The monoisotopic (exact) mass is 346 g/mol. The zero-order valence-electron chi connectivity index (χ0n) is 14.6. The number of amides is 1. The van der Waals surface area contributed by atoms with Crippen LogP contribution in [0.5, 0.6) is 0 Å². The minimum absolute atomic E-state index is 0.0626. The molecular weight excluding hydrogens is 328 g/mol. The third-order valence-electron chi connectivity index (χ3n) is 4.39. The maximum Gasteiger partial charge on any atom is 0.254 e. The van der Waals surface area contributed by atoms with Gasteiger partial charge in [0.15, 0.2) is 5.76 Å². The van der Waals surface area contributed by atoms with Crippen molar-refractivity contribution < 1.29 is 9.32 Å². The van der Waals surface area contributed by atoms with E-state index in [1.54, 1.807) is 24.3 Å². The molecule has 130 valence electrons. The molecule has 0 bridgehead atoms. The van der Waals surface area contributed by atoms with Crippen molar-refractivity contribution >= 4 is 16.8 Å². The molecule has 0 saturated heterocycles. The van der Waals surface area contributed by atoms with Crippen LogP contribution in [0.2, 0.25) is 0 Å². The quantitative estimate of drug-likeness (QED) is 0.567. The molecule has 1 aromatic carbocycles. The van der Waals surface area contributed by atoms with E-state index in [1.807, 2.05) is 60.3 Å². The predicted molar refractivity (Wildman–Crippen MR) is 98.5 cm³/mol. The van der Waals surface area contributed by atoms with Crippen LogP contribution in [-0.4, -0.2) is 32.6 Å². The van der Waals surface area contributed by atoms with E-state index in [4.69, 9.17) is 4.52 Å². The summed E-state index contributed by atoms with van der Waals surface area (Å²) in [6, 6.07) is 13.4. The van der Waals surface area contributed by atoms with Gasteiger partial charge in [-0.3, -0.25) is 9.78 Å². The van der Waals surface area contributed by atoms with E-state index in [9.17, 15) is 4.79 Å². The Morgan fingerprint density at radius 2 is 2.12 bits per heavy atom. The molecule has 6 heteroatoms. The zero-order chi connectivity index (χ0) is 18.1. The van der Waals surface area contributed by atoms with Crippen molar-refractivity contribution in [3.63, 3.8) is 0 Å². The largest absolute Gasteiger partial charge is 0.359 e. The van der Waals surface area contributed by atoms with E-state index < -0.39 is 0 Å². The Kier molecular flexibility index (Phi) is 4.01. The van der Waals surface area contributed by atoms with Gasteiger partial charge in [0, 0.05) is 55.4 Å². The van der Waals surface area contributed by atoms with Gasteiger partial charge < -0.3 is 14.0 Å². The number of fused-ring (bicyclic) bond motifs is 1. The van der Waals surface area contributed by atoms with Gasteiger partial charge >= 0.3 is 0 Å². The molecule has 0 atom stereocenters. The van der Waals surface area contributed by atoms with Crippen molar-refractivity contribution in [2.24, 2.45) is 7.05 Å². The summed E-state index contributed by atoms with van der Waals surface area (Å²) in [6.45, 7) is 0.345. The molecule has 0 aliphatic heterocycles. The maximum atomic E-state index is 12.7. The van der Waals surface area contributed by atoms with E-state index in [0.29, 0.717) is 23.6 Å². The fourth-order valence-corrected chi connectivity index (χ4v) is 2.96. The Labute approximate surface area is 150 Å². The Hall–Kier alpha value is -3.41. The molecule has 4 aromatic rings. The van der Waals surface area contributed by atoms with Crippen molar-refractivity contribution in [2.45, 2.75) is 6.54 Å². The molecular formula is C20H18N4O2. The van der Waals surface area contributed by atoms with Crippen LogP contribution in [0.1, 0.15) is 16.1 Å². The highest BCUT2D eigenvalue weighted by molar-refractivity contribution is 5.97. The lowest BCUT2D eigenvalue weighted by molar-refractivity contribution is 0.0772. The van der Waals surface area contributed by atoms with Crippen LogP contribution in [-0.2, 0) is 13.6 Å². The summed E-state index contributed by atoms with van der Waals surface area (Å²) in [5.41, 5.74) is 3.27. The lowest BCUT2D eigenvalue weighted by atomic mass is 10.1. The highest BCUT2D eigenvalue weighted by Gasteiger charge is 2.16. The smallest absolute Gasteiger partial charge is 0.254 e. The van der Waals surface area contributed by atoms with Gasteiger partial charge in [0.2, 0.25) is 0 Å². The third kappa shape index (κ3) is 2.97. The maximum absolute atomic E-state index is 12.7. The highest BCUT2D eigenvalue weighted by Crippen LogP contribution is 2.20. The number of hydrogen-bond donors (Lipinski definition) is 0. The topological polar surface area (TPSA) is 64.2 Å². The molecule has 0 unspecified atom stereocenters. The summed E-state index contributed by atoms with van der Waals surface area (Å²) in [4.78, 5) is 18.4. The Morgan fingerprint density at radius 1 is 1.23 bits per heavy atom. The van der Waals surface area contributed by atoms with Gasteiger partial charge in [0.05, 0.1) is 6.54 Å². The van der Waals surface area contributed by atoms with E-state index in [0.717, 1.165) is 16.5 Å². The van der Waals surface area contributed by atoms with E-state index in [-0.39, 0.29) is 5.91 Å². The first kappa shape index (κ1) is 16.1. The molecule has 26 heavy (non-hydrogen) atoms. The molecule has 3 aromatic heterocycles. The second kappa shape index (κ2) is 6.48. The summed E-state index contributed by atoms with van der Waals surface area (Å²) in [5, 5.41) is 5.17. The van der Waals surface area contributed by atoms with Gasteiger partial charge in [-0.15, -0.1) is 0 Å². The van der Waals surface area contributed by atoms with Crippen LogP contribution >= 0.6 is 0 Å². The lowest BCUT2D eigenvalue weighted by Gasteiger charge is -2.15. The van der Waals surface area contributed by atoms with Crippen LogP contribution in [0, 0.1) is 0 Å². The summed E-state index contributed by atoms with van der Waals surface area (Å²) in [6.07, 6.45) is 5.42. The van der Waals surface area contributed by atoms with Crippen molar-refractivity contribution in [1.29, 1.82) is 0 Å². The van der Waals surface area contributed by atoms with Gasteiger partial charge in [-0.25, -0.2) is 0 Å². The van der Waals surface area contributed by atoms with E-state index in [2.05, 4.69) is 10.1 Å². The summed E-state index contributed by atoms with van der Waals surface area (Å²) in [7, 11) is 3.72. The number of nitrogens with zero attached hydrogens (tertiary/aromatic N) is 4. The molecule has 3 heterocycles. The molecule has 1 amide bonds. The molecule has 0 fully saturated rings. The Morgan fingerprint density at radius 3 is 2.92 bits per heavy atom. The number of carbonyl (C=O) groups excluding carboxylic acids is 1. The Balaban J connectivity index is 1.52. The average molecular weight is 346 g/mol. The molecule has 0 saturated carbocycles. The van der Waals surface area contributed by atoms with E-state index in [1.165, 1.54) is 0 Å². The number of carbonyl (C=O) groups is 1. The van der Waals surface area contributed by atoms with E-state index >= 15 is 0 Å². The fourth-order valence-electron chi connectivity index (χ4n) is 2.96. The number of hydrogen-bond acceptors (Lipinski definition) is 4. The molecule has 0 aliphatic carbocycles. The number of aromatic nitrogens is 3. The first-order chi connectivity index (χ1) is 12.6. The zero-order valence-corrected chi connectivity index (χ0v) is 14.6. The van der Waals surface area contributed by atoms with Crippen molar-refractivity contribution in [3.8, 4) is 11.3 Å². The summed E-state index contributed by atoms with van der Waals surface area (Å²) >= 11 is 0. The van der Waals surface area contributed by atoms with Crippen molar-refractivity contribution in [2.75, 3.05) is 7.05 Å². The van der Waals surface area contributed by atoms with Crippen LogP contribution in [0.4, 0.5) is 0 Å². The highest BCUT2D eigenvalue weighted by atomic mass is 16.5. The van der Waals surface area contributed by atoms with Crippen LogP contribution in [0.15, 0.2) is 65.6 Å². The van der Waals surface area contributed by atoms with Gasteiger partial charge in [-0.1, -0.05) is 11.2 Å². The van der Waals surface area contributed by atoms with Crippen molar-refractivity contribution in [1.82, 2.24) is 19.6 Å². The molecule has 4 rings (SSSR count). The standard InChI is InChI=1S/C20H18N4O2/c1-23-9-7-14-5-6-15(10-19(14)23)20(25)24(2)13-17-11-18(22-26-17)16-4-3-8-21-12-16/h3-12H,13H2,1-2H3. The third-order valence-corrected chi connectivity index (χ3v) is 4.39. The minimum atomic E-state index is -0.0626. The normalized spacial score (nSPS) is 11.0. The molecule has 0 aliphatic rings. The first-order valence-corrected chi connectivity index (χ1v) is 8.28. The molecule has 0 spiro atoms. The Bertz CT molecular complexity index is 1070. The molecule has 0 radical (unpaired) electrons. The predicted octanol–water partition coefficient (Wildman–Crippen LogP) is 3.50. The molecule has 0 N–H and O–H groups in total. The van der Waals surface area contributed by atoms with Gasteiger partial charge in [0.1, 0.15) is 5.69 Å². The number of pyridine rings is 1. The van der Waals surface area contributed by atoms with Crippen molar-refractivity contribution in [3.05, 3.63) is 72.4 Å². The summed E-state index contributed by atoms with van der Waals surface area (Å²) < 4.78 is 7.38. The van der Waals surface area contributed by atoms with Gasteiger partial charge in [-0.2, -0.15) is 0 Å². The van der Waals surface area contributed by atoms with Crippen LogP contribution in [0.25, 0.3) is 22.2 Å². The lowest BCUT2D eigenvalue weighted by Crippen LogP contribution is -2.26. The fraction of sp³-hybridized carbons (Fsp3) is 0.150. The SMILES string of the molecule is CN(Cc1cc(-c2cccnc2)no1)C(=O)c1ccc2ccn(C)c2c1. The number of aryl methyl sites for hydroxylation is 1. The first-order valence-electron chi connectivity index (χ1n) is 8.28. The second-order valence-electron chi connectivity index (χ2n) is 6.28. The number of benzene rings is 1. The van der Waals surface area contributed by atoms with Crippen LogP contribution in [0.3, 0.4) is 0 Å². The van der Waals surface area contributed by atoms with Gasteiger partial charge in [0.25, 0.3) is 5.91 Å².